The number of carboxylic acid groups (broad SMARTS) is 1. The van der Waals surface area contributed by atoms with Crippen LogP contribution in [0.3, 0.4) is 0 Å². The van der Waals surface area contributed by atoms with Crippen molar-refractivity contribution in [1.82, 2.24) is 14.7 Å². The lowest BCUT2D eigenvalue weighted by molar-refractivity contribution is -0.137. The maximum absolute atomic E-state index is 10.5. The molecule has 0 spiro atoms. The third-order valence-corrected chi connectivity index (χ3v) is 2.68. The average molecular weight is 239 g/mol. The predicted molar refractivity (Wildman–Crippen MR) is 65.8 cm³/mol. The Hall–Kier alpha value is -1.36. The summed E-state index contributed by atoms with van der Waals surface area (Å²) in [6.45, 7) is 8.39. The van der Waals surface area contributed by atoms with Gasteiger partial charge >= 0.3 is 5.97 Å². The van der Waals surface area contributed by atoms with Gasteiger partial charge in [0.2, 0.25) is 0 Å². The lowest BCUT2D eigenvalue weighted by atomic mass is 10.3. The SMILES string of the molecule is CCN(CCC(=O)O)Cc1cnn(C(C)C)c1. The fourth-order valence-electron chi connectivity index (χ4n) is 1.60. The van der Waals surface area contributed by atoms with Crippen molar-refractivity contribution in [1.29, 1.82) is 0 Å². The highest BCUT2D eigenvalue weighted by Crippen LogP contribution is 2.08. The Balaban J connectivity index is 2.51. The quantitative estimate of drug-likeness (QED) is 0.787. The minimum absolute atomic E-state index is 0.187. The van der Waals surface area contributed by atoms with E-state index in [4.69, 9.17) is 5.11 Å². The summed E-state index contributed by atoms with van der Waals surface area (Å²) in [6.07, 6.45) is 4.06. The fraction of sp³-hybridized carbons (Fsp3) is 0.667. The van der Waals surface area contributed by atoms with Gasteiger partial charge in [0.1, 0.15) is 0 Å². The molecule has 1 aromatic rings. The van der Waals surface area contributed by atoms with Crippen LogP contribution in [0, 0.1) is 0 Å². The summed E-state index contributed by atoms with van der Waals surface area (Å²) in [6, 6.07) is 0.359. The number of nitrogens with zero attached hydrogens (tertiary/aromatic N) is 3. The highest BCUT2D eigenvalue weighted by atomic mass is 16.4. The molecule has 0 atom stereocenters. The van der Waals surface area contributed by atoms with Gasteiger partial charge in [0.15, 0.2) is 0 Å². The van der Waals surface area contributed by atoms with Crippen molar-refractivity contribution in [2.75, 3.05) is 13.1 Å². The number of aliphatic carboxylic acids is 1. The number of hydrogen-bond acceptors (Lipinski definition) is 3. The van der Waals surface area contributed by atoms with Crippen molar-refractivity contribution in [2.24, 2.45) is 0 Å². The van der Waals surface area contributed by atoms with Gasteiger partial charge in [0, 0.05) is 30.9 Å². The molecule has 96 valence electrons. The van der Waals surface area contributed by atoms with E-state index in [9.17, 15) is 4.79 Å². The van der Waals surface area contributed by atoms with Crippen LogP contribution in [0.25, 0.3) is 0 Å². The van der Waals surface area contributed by atoms with Gasteiger partial charge in [-0.1, -0.05) is 6.92 Å². The van der Waals surface area contributed by atoms with Crippen LogP contribution < -0.4 is 0 Å². The highest BCUT2D eigenvalue weighted by molar-refractivity contribution is 5.66. The van der Waals surface area contributed by atoms with Crippen molar-refractivity contribution in [3.8, 4) is 0 Å². The summed E-state index contributed by atoms with van der Waals surface area (Å²) in [5.74, 6) is -0.749. The molecule has 1 rings (SSSR count). The Morgan fingerprint density at radius 3 is 2.76 bits per heavy atom. The molecule has 0 unspecified atom stereocenters. The van der Waals surface area contributed by atoms with Crippen molar-refractivity contribution in [3.63, 3.8) is 0 Å². The Morgan fingerprint density at radius 1 is 1.59 bits per heavy atom. The second-order valence-electron chi connectivity index (χ2n) is 4.43. The average Bonchev–Trinajstić information content (AvgIpc) is 2.72. The van der Waals surface area contributed by atoms with E-state index >= 15 is 0 Å². The molecule has 0 radical (unpaired) electrons. The second-order valence-corrected chi connectivity index (χ2v) is 4.43. The standard InChI is InChI=1S/C12H21N3O2/c1-4-14(6-5-12(16)17)8-11-7-13-15(9-11)10(2)3/h7,9-10H,4-6,8H2,1-3H3,(H,16,17). The zero-order chi connectivity index (χ0) is 12.8. The van der Waals surface area contributed by atoms with Crippen LogP contribution in [0.5, 0.6) is 0 Å². The zero-order valence-electron chi connectivity index (χ0n) is 10.8. The van der Waals surface area contributed by atoms with Gasteiger partial charge in [0.05, 0.1) is 12.6 Å². The largest absolute Gasteiger partial charge is 0.481 e. The lowest BCUT2D eigenvalue weighted by Gasteiger charge is -2.18. The molecule has 0 aliphatic rings. The van der Waals surface area contributed by atoms with Crippen LogP contribution in [0.4, 0.5) is 0 Å². The Labute approximate surface area is 102 Å². The van der Waals surface area contributed by atoms with E-state index in [0.29, 0.717) is 12.6 Å². The maximum Gasteiger partial charge on any atom is 0.304 e. The van der Waals surface area contributed by atoms with E-state index < -0.39 is 5.97 Å². The summed E-state index contributed by atoms with van der Waals surface area (Å²) < 4.78 is 1.92. The minimum atomic E-state index is -0.749. The first-order chi connectivity index (χ1) is 8.02. The van der Waals surface area contributed by atoms with Crippen molar-refractivity contribution < 1.29 is 9.90 Å². The van der Waals surface area contributed by atoms with Crippen LogP contribution in [0.15, 0.2) is 12.4 Å². The van der Waals surface area contributed by atoms with Crippen LogP contribution in [0.1, 0.15) is 38.8 Å². The van der Waals surface area contributed by atoms with Crippen LogP contribution in [0.2, 0.25) is 0 Å². The summed E-state index contributed by atoms with van der Waals surface area (Å²) >= 11 is 0. The summed E-state index contributed by atoms with van der Waals surface area (Å²) in [5, 5.41) is 12.9. The van der Waals surface area contributed by atoms with E-state index in [-0.39, 0.29) is 6.42 Å². The number of carboxylic acids is 1. The molecule has 0 aromatic carbocycles. The number of hydrogen-bond donors (Lipinski definition) is 1. The predicted octanol–water partition coefficient (Wildman–Crippen LogP) is 1.76. The lowest BCUT2D eigenvalue weighted by Crippen LogP contribution is -2.25. The molecule has 0 aliphatic heterocycles. The topological polar surface area (TPSA) is 58.4 Å². The molecular formula is C12H21N3O2. The Bertz CT molecular complexity index is 360. The van der Waals surface area contributed by atoms with Crippen LogP contribution >= 0.6 is 0 Å². The first-order valence-corrected chi connectivity index (χ1v) is 6.00. The summed E-state index contributed by atoms with van der Waals surface area (Å²) in [7, 11) is 0. The number of rotatable bonds is 7. The maximum atomic E-state index is 10.5. The zero-order valence-corrected chi connectivity index (χ0v) is 10.8. The summed E-state index contributed by atoms with van der Waals surface area (Å²) in [4.78, 5) is 12.6. The van der Waals surface area contributed by atoms with E-state index in [1.54, 1.807) is 0 Å². The first kappa shape index (κ1) is 13.7. The first-order valence-electron chi connectivity index (χ1n) is 6.00. The van der Waals surface area contributed by atoms with E-state index in [1.165, 1.54) is 0 Å². The van der Waals surface area contributed by atoms with E-state index in [0.717, 1.165) is 18.7 Å². The van der Waals surface area contributed by atoms with E-state index in [1.807, 2.05) is 24.0 Å². The van der Waals surface area contributed by atoms with Crippen LogP contribution in [-0.2, 0) is 11.3 Å². The molecule has 5 heteroatoms. The van der Waals surface area contributed by atoms with Crippen LogP contribution in [-0.4, -0.2) is 38.8 Å². The van der Waals surface area contributed by atoms with Gasteiger partial charge in [-0.05, 0) is 20.4 Å². The molecule has 0 fully saturated rings. The van der Waals surface area contributed by atoms with Gasteiger partial charge in [0.25, 0.3) is 0 Å². The third kappa shape index (κ3) is 4.56. The Kier molecular flexibility index (Phi) is 5.15. The summed E-state index contributed by atoms with van der Waals surface area (Å²) in [5.41, 5.74) is 1.13. The smallest absolute Gasteiger partial charge is 0.304 e. The van der Waals surface area contributed by atoms with Crippen molar-refractivity contribution in [3.05, 3.63) is 18.0 Å². The molecular weight excluding hydrogens is 218 g/mol. The molecule has 0 aliphatic carbocycles. The molecule has 0 saturated carbocycles. The molecule has 17 heavy (non-hydrogen) atoms. The molecule has 5 nitrogen and oxygen atoms in total. The molecule has 0 saturated heterocycles. The monoisotopic (exact) mass is 239 g/mol. The molecule has 1 heterocycles. The number of aromatic nitrogens is 2. The number of carbonyl (C=O) groups is 1. The highest BCUT2D eigenvalue weighted by Gasteiger charge is 2.08. The normalized spacial score (nSPS) is 11.4. The van der Waals surface area contributed by atoms with Crippen molar-refractivity contribution >= 4 is 5.97 Å². The van der Waals surface area contributed by atoms with Gasteiger partial charge in [-0.3, -0.25) is 14.4 Å². The van der Waals surface area contributed by atoms with Gasteiger partial charge in [-0.2, -0.15) is 5.10 Å². The third-order valence-electron chi connectivity index (χ3n) is 2.68. The molecule has 0 bridgehead atoms. The minimum Gasteiger partial charge on any atom is -0.481 e. The molecule has 1 aromatic heterocycles. The molecule has 1 N–H and O–H groups in total. The van der Waals surface area contributed by atoms with Gasteiger partial charge in [-0.25, -0.2) is 0 Å². The molecule has 0 amide bonds. The van der Waals surface area contributed by atoms with Crippen molar-refractivity contribution in [2.45, 2.75) is 39.8 Å². The fourth-order valence-corrected chi connectivity index (χ4v) is 1.60. The Morgan fingerprint density at radius 2 is 2.29 bits per heavy atom. The van der Waals surface area contributed by atoms with E-state index in [2.05, 4.69) is 23.8 Å². The van der Waals surface area contributed by atoms with Gasteiger partial charge in [-0.15, -0.1) is 0 Å². The second kappa shape index (κ2) is 6.39. The van der Waals surface area contributed by atoms with Gasteiger partial charge < -0.3 is 5.11 Å².